The molecule has 0 amide bonds. The topological polar surface area (TPSA) is 0 Å². The Morgan fingerprint density at radius 1 is 0.714 bits per heavy atom. The fraction of sp³-hybridized carbons (Fsp3) is 1.00. The first-order valence-electron chi connectivity index (χ1n) is 3.37. The first-order chi connectivity index (χ1) is 6.21. The van der Waals surface area contributed by atoms with E-state index in [1.165, 1.54) is 0 Å². The van der Waals surface area contributed by atoms with Gasteiger partial charge in [-0.15, -0.1) is 0 Å². The Balaban J connectivity index is 4.85. The van der Waals surface area contributed by atoms with Crippen LogP contribution < -0.4 is 0 Å². The minimum Gasteiger partial charge on any atom is -0.248 e. The molecule has 2 unspecified atom stereocenters. The van der Waals surface area contributed by atoms with E-state index in [4.69, 9.17) is 0 Å². The average molecular weight is 230 g/mol. The van der Waals surface area contributed by atoms with Gasteiger partial charge in [-0.05, 0) is 0 Å². The van der Waals surface area contributed by atoms with Crippen molar-refractivity contribution in [3.05, 3.63) is 0 Å². The molecule has 8 heteroatoms. The van der Waals surface area contributed by atoms with Crippen molar-refractivity contribution in [3.63, 3.8) is 0 Å². The van der Waals surface area contributed by atoms with Gasteiger partial charge in [0.1, 0.15) is 13.3 Å². The van der Waals surface area contributed by atoms with Gasteiger partial charge in [-0.1, -0.05) is 0 Å². The van der Waals surface area contributed by atoms with Gasteiger partial charge in [-0.25, -0.2) is 17.6 Å². The second-order valence-electron chi connectivity index (χ2n) is 2.49. The van der Waals surface area contributed by atoms with Crippen LogP contribution in [0.15, 0.2) is 0 Å². The highest BCUT2D eigenvalue weighted by atomic mass is 19.3. The Labute approximate surface area is 73.9 Å². The van der Waals surface area contributed by atoms with Crippen LogP contribution in [0.3, 0.4) is 0 Å². The maximum atomic E-state index is 12.3. The summed E-state index contributed by atoms with van der Waals surface area (Å²) in [6.07, 6.45) is -7.72. The lowest BCUT2D eigenvalue weighted by molar-refractivity contribution is -0.266. The van der Waals surface area contributed by atoms with Crippen molar-refractivity contribution in [2.75, 3.05) is 13.3 Å². The van der Waals surface area contributed by atoms with Crippen LogP contribution in [0, 0.1) is 0 Å². The molecule has 0 bridgehead atoms. The smallest absolute Gasteiger partial charge is 0.248 e. The predicted molar refractivity (Wildman–Crippen MR) is 31.6 cm³/mol. The largest absolute Gasteiger partial charge is 0.346 e. The predicted octanol–water partition coefficient (Wildman–Crippen LogP) is 2.87. The zero-order valence-corrected chi connectivity index (χ0v) is 6.59. The average Bonchev–Trinajstić information content (AvgIpc) is 2.14. The third kappa shape index (κ3) is 2.09. The normalized spacial score (nSPS) is 18.0. The standard InChI is InChI=1S/C6H6F8/c7-1-3(9)5(11,12)6(13,14)4(10)2-8/h3-4H,1-2H2. The molecule has 0 aliphatic carbocycles. The SMILES string of the molecule is FCC(F)C(F)(F)C(F)(F)C(F)CF. The Kier molecular flexibility index (Phi) is 4.14. The molecule has 0 rings (SSSR count). The summed E-state index contributed by atoms with van der Waals surface area (Å²) in [5.74, 6) is -11.1. The first kappa shape index (κ1) is 13.4. The summed E-state index contributed by atoms with van der Waals surface area (Å²) in [7, 11) is 0. The van der Waals surface area contributed by atoms with Gasteiger partial charge in [-0.2, -0.15) is 17.6 Å². The molecule has 0 aromatic heterocycles. The molecule has 86 valence electrons. The summed E-state index contributed by atoms with van der Waals surface area (Å²) in [4.78, 5) is 0. The Morgan fingerprint density at radius 3 is 1.07 bits per heavy atom. The van der Waals surface area contributed by atoms with E-state index in [2.05, 4.69) is 0 Å². The van der Waals surface area contributed by atoms with E-state index in [1.807, 2.05) is 0 Å². The van der Waals surface area contributed by atoms with Crippen molar-refractivity contribution in [1.82, 2.24) is 0 Å². The molecule has 0 spiro atoms. The molecule has 0 N–H and O–H groups in total. The van der Waals surface area contributed by atoms with Crippen molar-refractivity contribution in [3.8, 4) is 0 Å². The van der Waals surface area contributed by atoms with Crippen molar-refractivity contribution in [1.29, 1.82) is 0 Å². The number of halogens is 8. The van der Waals surface area contributed by atoms with Crippen LogP contribution in [-0.2, 0) is 0 Å². The lowest BCUT2D eigenvalue weighted by Crippen LogP contribution is -2.54. The summed E-state index contributed by atoms with van der Waals surface area (Å²) in [6.45, 7) is -4.80. The van der Waals surface area contributed by atoms with Crippen LogP contribution in [0.1, 0.15) is 0 Å². The maximum absolute atomic E-state index is 12.3. The summed E-state index contributed by atoms with van der Waals surface area (Å²) >= 11 is 0. The lowest BCUT2D eigenvalue weighted by Gasteiger charge is -2.29. The van der Waals surface area contributed by atoms with Crippen molar-refractivity contribution >= 4 is 0 Å². The molecule has 0 nitrogen and oxygen atoms in total. The summed E-state index contributed by atoms with van der Waals surface area (Å²) < 4.78 is 95.8. The molecule has 0 aromatic rings. The van der Waals surface area contributed by atoms with E-state index >= 15 is 0 Å². The van der Waals surface area contributed by atoms with Crippen molar-refractivity contribution in [2.24, 2.45) is 0 Å². The van der Waals surface area contributed by atoms with Gasteiger partial charge >= 0.3 is 11.8 Å². The van der Waals surface area contributed by atoms with Gasteiger partial charge in [0.15, 0.2) is 12.3 Å². The fourth-order valence-electron chi connectivity index (χ4n) is 0.611. The lowest BCUT2D eigenvalue weighted by atomic mass is 10.0. The quantitative estimate of drug-likeness (QED) is 0.637. The van der Waals surface area contributed by atoms with Crippen LogP contribution in [0.5, 0.6) is 0 Å². The number of hydrogen-bond acceptors (Lipinski definition) is 0. The van der Waals surface area contributed by atoms with Gasteiger partial charge in [-0.3, -0.25) is 0 Å². The first-order valence-corrected chi connectivity index (χ1v) is 3.37. The third-order valence-corrected chi connectivity index (χ3v) is 1.50. The van der Waals surface area contributed by atoms with Gasteiger partial charge in [0.05, 0.1) is 0 Å². The molecular formula is C6H6F8. The van der Waals surface area contributed by atoms with E-state index in [9.17, 15) is 35.1 Å². The van der Waals surface area contributed by atoms with Gasteiger partial charge in [0.2, 0.25) is 0 Å². The van der Waals surface area contributed by atoms with Crippen LogP contribution in [0.4, 0.5) is 35.1 Å². The molecule has 0 fully saturated rings. The van der Waals surface area contributed by atoms with E-state index in [0.29, 0.717) is 0 Å². The molecule has 0 heterocycles. The van der Waals surface area contributed by atoms with Crippen molar-refractivity contribution < 1.29 is 35.1 Å². The molecule has 0 radical (unpaired) electrons. The van der Waals surface area contributed by atoms with Crippen LogP contribution >= 0.6 is 0 Å². The molecule has 0 aliphatic heterocycles. The van der Waals surface area contributed by atoms with Gasteiger partial charge < -0.3 is 0 Å². The Bertz CT molecular complexity index is 159. The molecule has 2 atom stereocenters. The van der Waals surface area contributed by atoms with E-state index in [0.717, 1.165) is 0 Å². The zero-order chi connectivity index (χ0) is 11.6. The minimum absolute atomic E-state index is 2.40. The highest BCUT2D eigenvalue weighted by Gasteiger charge is 2.66. The number of alkyl halides is 8. The fourth-order valence-corrected chi connectivity index (χ4v) is 0.611. The monoisotopic (exact) mass is 230 g/mol. The Hall–Kier alpha value is -0.560. The second kappa shape index (κ2) is 4.31. The van der Waals surface area contributed by atoms with Crippen LogP contribution in [0.2, 0.25) is 0 Å². The summed E-state index contributed by atoms with van der Waals surface area (Å²) in [5, 5.41) is 0. The molecule has 14 heavy (non-hydrogen) atoms. The van der Waals surface area contributed by atoms with Crippen molar-refractivity contribution in [2.45, 2.75) is 24.2 Å². The second-order valence-corrected chi connectivity index (χ2v) is 2.49. The highest BCUT2D eigenvalue weighted by molar-refractivity contribution is 4.95. The van der Waals surface area contributed by atoms with Crippen LogP contribution in [0.25, 0.3) is 0 Å². The van der Waals surface area contributed by atoms with E-state index < -0.39 is 37.5 Å². The van der Waals surface area contributed by atoms with E-state index in [1.54, 1.807) is 0 Å². The molecule has 0 aromatic carbocycles. The van der Waals surface area contributed by atoms with E-state index in [-0.39, 0.29) is 0 Å². The van der Waals surface area contributed by atoms with Crippen LogP contribution in [-0.4, -0.2) is 37.5 Å². The summed E-state index contributed by atoms with van der Waals surface area (Å²) in [5.41, 5.74) is 0. The minimum atomic E-state index is -5.56. The summed E-state index contributed by atoms with van der Waals surface area (Å²) in [6, 6.07) is 0. The number of rotatable bonds is 5. The zero-order valence-electron chi connectivity index (χ0n) is 6.59. The molecule has 0 saturated carbocycles. The number of hydrogen-bond donors (Lipinski definition) is 0. The third-order valence-electron chi connectivity index (χ3n) is 1.50. The highest BCUT2D eigenvalue weighted by Crippen LogP contribution is 2.42. The van der Waals surface area contributed by atoms with Gasteiger partial charge in [0.25, 0.3) is 0 Å². The molecule has 0 saturated heterocycles. The maximum Gasteiger partial charge on any atom is 0.346 e. The van der Waals surface area contributed by atoms with Gasteiger partial charge in [0, 0.05) is 0 Å². The molecular weight excluding hydrogens is 224 g/mol. The molecule has 0 aliphatic rings. The Morgan fingerprint density at radius 2 is 0.929 bits per heavy atom.